The van der Waals surface area contributed by atoms with Gasteiger partial charge in [-0.25, -0.2) is 0 Å². The Morgan fingerprint density at radius 1 is 1.30 bits per heavy atom. The summed E-state index contributed by atoms with van der Waals surface area (Å²) in [6.45, 7) is 2.10. The number of hydrogen-bond donors (Lipinski definition) is 2. The van der Waals surface area contributed by atoms with Gasteiger partial charge < -0.3 is 14.8 Å². The van der Waals surface area contributed by atoms with Crippen LogP contribution in [0, 0.1) is 18.8 Å². The van der Waals surface area contributed by atoms with Crippen molar-refractivity contribution < 1.29 is 14.3 Å². The van der Waals surface area contributed by atoms with E-state index in [2.05, 4.69) is 17.2 Å². The summed E-state index contributed by atoms with van der Waals surface area (Å²) in [5.74, 6) is 5.51. The maximum absolute atomic E-state index is 11.9. The Balaban J connectivity index is 1.94. The second kappa shape index (κ2) is 6.60. The largest absolute Gasteiger partial charge is 0.459 e. The van der Waals surface area contributed by atoms with Crippen LogP contribution in [0.4, 0.5) is 0 Å². The number of amides is 1. The maximum atomic E-state index is 11.9. The molecule has 2 aromatic rings. The minimum atomic E-state index is -0.225. The average molecular weight is 269 g/mol. The maximum Gasteiger partial charge on any atom is 0.287 e. The zero-order valence-electron chi connectivity index (χ0n) is 11.1. The molecule has 1 amide bonds. The molecule has 0 saturated heterocycles. The molecule has 102 valence electrons. The number of aliphatic hydroxyl groups excluding tert-OH is 1. The van der Waals surface area contributed by atoms with Crippen LogP contribution < -0.4 is 5.32 Å². The summed E-state index contributed by atoms with van der Waals surface area (Å²) in [6.07, 6.45) is 1.50. The summed E-state index contributed by atoms with van der Waals surface area (Å²) < 4.78 is 5.12. The third kappa shape index (κ3) is 3.50. The van der Waals surface area contributed by atoms with Crippen molar-refractivity contribution in [2.24, 2.45) is 0 Å². The number of aliphatic hydroxyl groups is 1. The Bertz CT molecular complexity index is 644. The molecule has 1 heterocycles. The van der Waals surface area contributed by atoms with Gasteiger partial charge in [-0.05, 0) is 30.7 Å². The van der Waals surface area contributed by atoms with Gasteiger partial charge in [0.15, 0.2) is 5.76 Å². The third-order valence-electron chi connectivity index (χ3n) is 2.79. The third-order valence-corrected chi connectivity index (χ3v) is 2.79. The first-order chi connectivity index (χ1) is 9.70. The van der Waals surface area contributed by atoms with E-state index in [1.54, 1.807) is 6.07 Å². The number of benzene rings is 1. The van der Waals surface area contributed by atoms with Crippen molar-refractivity contribution >= 4 is 5.91 Å². The number of carbonyl (C=O) groups is 1. The lowest BCUT2D eigenvalue weighted by Crippen LogP contribution is -2.22. The highest BCUT2D eigenvalue weighted by Gasteiger charge is 2.11. The van der Waals surface area contributed by atoms with Gasteiger partial charge in [0.05, 0.1) is 6.26 Å². The summed E-state index contributed by atoms with van der Waals surface area (Å²) >= 11 is 0. The molecule has 0 unspecified atom stereocenters. The first-order valence-electron chi connectivity index (χ1n) is 6.21. The van der Waals surface area contributed by atoms with E-state index < -0.39 is 0 Å². The first kappa shape index (κ1) is 13.9. The van der Waals surface area contributed by atoms with Crippen LogP contribution in [-0.2, 0) is 6.54 Å². The van der Waals surface area contributed by atoms with Crippen LogP contribution in [0.15, 0.2) is 41.0 Å². The predicted molar refractivity (Wildman–Crippen MR) is 75.0 cm³/mol. The molecule has 4 heteroatoms. The topological polar surface area (TPSA) is 62.5 Å². The Morgan fingerprint density at radius 3 is 2.65 bits per heavy atom. The van der Waals surface area contributed by atoms with Gasteiger partial charge in [-0.1, -0.05) is 24.0 Å². The second-order valence-electron chi connectivity index (χ2n) is 4.27. The minimum absolute atomic E-state index is 0.152. The fourth-order valence-electron chi connectivity index (χ4n) is 1.72. The lowest BCUT2D eigenvalue weighted by atomic mass is 10.1. The number of aryl methyl sites for hydroxylation is 1. The van der Waals surface area contributed by atoms with E-state index in [1.165, 1.54) is 6.26 Å². The van der Waals surface area contributed by atoms with Crippen LogP contribution in [-0.4, -0.2) is 17.6 Å². The molecular formula is C16H15NO3. The number of rotatable bonds is 3. The molecule has 0 aliphatic carbocycles. The summed E-state index contributed by atoms with van der Waals surface area (Å²) in [4.78, 5) is 11.9. The molecule has 2 N–H and O–H groups in total. The molecule has 0 aliphatic heterocycles. The summed E-state index contributed by atoms with van der Waals surface area (Å²) in [6, 6.07) is 9.22. The molecule has 4 nitrogen and oxygen atoms in total. The molecule has 1 aromatic heterocycles. The standard InChI is InChI=1S/C16H15NO3/c1-12-8-10-20-15(12)16(19)17-11-14-6-4-13(5-7-14)3-2-9-18/h4-8,10,18H,9,11H2,1H3,(H,17,19). The van der Waals surface area contributed by atoms with Crippen molar-refractivity contribution in [1.29, 1.82) is 0 Å². The Kier molecular flexibility index (Phi) is 4.59. The predicted octanol–water partition coefficient (Wildman–Crippen LogP) is 1.86. The summed E-state index contributed by atoms with van der Waals surface area (Å²) in [5.41, 5.74) is 2.62. The molecule has 0 fully saturated rings. The van der Waals surface area contributed by atoms with Crippen LogP contribution in [0.2, 0.25) is 0 Å². The molecule has 0 bridgehead atoms. The molecule has 2 rings (SSSR count). The average Bonchev–Trinajstić information content (AvgIpc) is 2.90. The Labute approximate surface area is 117 Å². The highest BCUT2D eigenvalue weighted by molar-refractivity contribution is 5.92. The van der Waals surface area contributed by atoms with E-state index in [0.717, 1.165) is 16.7 Å². The van der Waals surface area contributed by atoms with Gasteiger partial charge in [0, 0.05) is 17.7 Å². The molecule has 1 aromatic carbocycles. The normalized spacial score (nSPS) is 9.70. The molecule has 0 aliphatic rings. The van der Waals surface area contributed by atoms with Crippen molar-refractivity contribution in [2.75, 3.05) is 6.61 Å². The van der Waals surface area contributed by atoms with Crippen molar-refractivity contribution in [1.82, 2.24) is 5.32 Å². The monoisotopic (exact) mass is 269 g/mol. The number of nitrogens with one attached hydrogen (secondary N) is 1. The van der Waals surface area contributed by atoms with Gasteiger partial charge in [0.2, 0.25) is 0 Å². The van der Waals surface area contributed by atoms with Crippen LogP contribution in [0.1, 0.15) is 27.2 Å². The van der Waals surface area contributed by atoms with E-state index in [-0.39, 0.29) is 12.5 Å². The first-order valence-corrected chi connectivity index (χ1v) is 6.21. The highest BCUT2D eigenvalue weighted by atomic mass is 16.3. The Hall–Kier alpha value is -2.51. The van der Waals surface area contributed by atoms with Crippen molar-refractivity contribution in [3.8, 4) is 11.8 Å². The summed E-state index contributed by atoms with van der Waals surface area (Å²) in [5, 5.41) is 11.4. The molecule has 0 atom stereocenters. The Morgan fingerprint density at radius 2 is 2.05 bits per heavy atom. The SMILES string of the molecule is Cc1ccoc1C(=O)NCc1ccc(C#CCO)cc1. The second-order valence-corrected chi connectivity index (χ2v) is 4.27. The summed E-state index contributed by atoms with van der Waals surface area (Å²) in [7, 11) is 0. The van der Waals surface area contributed by atoms with Gasteiger partial charge in [0.25, 0.3) is 5.91 Å². The number of hydrogen-bond acceptors (Lipinski definition) is 3. The lowest BCUT2D eigenvalue weighted by molar-refractivity contribution is 0.0922. The zero-order chi connectivity index (χ0) is 14.4. The van der Waals surface area contributed by atoms with Gasteiger partial charge in [0.1, 0.15) is 6.61 Å². The molecule has 0 radical (unpaired) electrons. The van der Waals surface area contributed by atoms with Crippen LogP contribution in [0.25, 0.3) is 0 Å². The van der Waals surface area contributed by atoms with Crippen molar-refractivity contribution in [2.45, 2.75) is 13.5 Å². The van der Waals surface area contributed by atoms with E-state index in [4.69, 9.17) is 9.52 Å². The molecular weight excluding hydrogens is 254 g/mol. The minimum Gasteiger partial charge on any atom is -0.459 e. The van der Waals surface area contributed by atoms with Crippen molar-refractivity contribution in [3.63, 3.8) is 0 Å². The zero-order valence-corrected chi connectivity index (χ0v) is 11.1. The highest BCUT2D eigenvalue weighted by Crippen LogP contribution is 2.09. The van der Waals surface area contributed by atoms with Gasteiger partial charge in [-0.3, -0.25) is 4.79 Å². The fourth-order valence-corrected chi connectivity index (χ4v) is 1.72. The van der Waals surface area contributed by atoms with Crippen LogP contribution in [0.3, 0.4) is 0 Å². The lowest BCUT2D eigenvalue weighted by Gasteiger charge is -2.04. The fraction of sp³-hybridized carbons (Fsp3) is 0.188. The molecule has 20 heavy (non-hydrogen) atoms. The van der Waals surface area contributed by atoms with Crippen LogP contribution in [0.5, 0.6) is 0 Å². The van der Waals surface area contributed by atoms with E-state index in [0.29, 0.717) is 12.3 Å². The van der Waals surface area contributed by atoms with Crippen LogP contribution >= 0.6 is 0 Å². The van der Waals surface area contributed by atoms with E-state index in [1.807, 2.05) is 31.2 Å². The number of carbonyl (C=O) groups excluding carboxylic acids is 1. The van der Waals surface area contributed by atoms with E-state index in [9.17, 15) is 4.79 Å². The van der Waals surface area contributed by atoms with Gasteiger partial charge in [-0.2, -0.15) is 0 Å². The van der Waals surface area contributed by atoms with Crippen molar-refractivity contribution in [3.05, 3.63) is 59.0 Å². The number of furan rings is 1. The molecule has 0 spiro atoms. The van der Waals surface area contributed by atoms with E-state index >= 15 is 0 Å². The quantitative estimate of drug-likeness (QED) is 0.836. The van der Waals surface area contributed by atoms with Gasteiger partial charge in [-0.15, -0.1) is 0 Å². The molecule has 0 saturated carbocycles. The smallest absolute Gasteiger partial charge is 0.287 e. The van der Waals surface area contributed by atoms with Gasteiger partial charge >= 0.3 is 0 Å².